The topological polar surface area (TPSA) is 130 Å². The SMILES string of the molecule is COC[C@H]1O[C@@H](OC[C@H]2O[C@H](O)[C@H](OC)[C@@H](OC)[C@@H]2OC(C)=O)[C@H](OC)[C@@H](OC)[C@@H]1OC. The number of aliphatic hydroxyl groups is 1. The van der Waals surface area contributed by atoms with Gasteiger partial charge in [0, 0.05) is 49.6 Å². The van der Waals surface area contributed by atoms with Crippen molar-refractivity contribution in [3.63, 3.8) is 0 Å². The smallest absolute Gasteiger partial charge is 0.303 e. The average molecular weight is 468 g/mol. The fraction of sp³-hybridized carbons (Fsp3) is 0.950. The van der Waals surface area contributed by atoms with Crippen molar-refractivity contribution in [1.29, 1.82) is 0 Å². The third-order valence-electron chi connectivity index (χ3n) is 5.62. The van der Waals surface area contributed by atoms with Crippen LogP contribution in [0.4, 0.5) is 0 Å². The first-order valence-electron chi connectivity index (χ1n) is 10.3. The van der Waals surface area contributed by atoms with Gasteiger partial charge in [-0.2, -0.15) is 0 Å². The van der Waals surface area contributed by atoms with Crippen LogP contribution in [0, 0.1) is 0 Å². The van der Waals surface area contributed by atoms with Crippen LogP contribution in [0.5, 0.6) is 0 Å². The molecule has 2 heterocycles. The van der Waals surface area contributed by atoms with Gasteiger partial charge in [-0.25, -0.2) is 0 Å². The van der Waals surface area contributed by atoms with E-state index in [0.29, 0.717) is 0 Å². The summed E-state index contributed by atoms with van der Waals surface area (Å²) >= 11 is 0. The van der Waals surface area contributed by atoms with Gasteiger partial charge in [0.2, 0.25) is 0 Å². The average Bonchev–Trinajstić information content (AvgIpc) is 2.77. The van der Waals surface area contributed by atoms with Crippen molar-refractivity contribution in [3.05, 3.63) is 0 Å². The molecule has 32 heavy (non-hydrogen) atoms. The summed E-state index contributed by atoms with van der Waals surface area (Å²) in [5, 5.41) is 10.4. The first kappa shape index (κ1) is 27.3. The number of ether oxygens (including phenoxy) is 10. The number of carbonyl (C=O) groups excluding carboxylic acids is 1. The highest BCUT2D eigenvalue weighted by Crippen LogP contribution is 2.30. The first-order chi connectivity index (χ1) is 15.4. The second kappa shape index (κ2) is 13.1. The molecule has 2 saturated heterocycles. The molecule has 0 amide bonds. The summed E-state index contributed by atoms with van der Waals surface area (Å²) in [6.45, 7) is 1.40. The Morgan fingerprint density at radius 2 is 1.25 bits per heavy atom. The lowest BCUT2D eigenvalue weighted by atomic mass is 9.97. The van der Waals surface area contributed by atoms with Gasteiger partial charge in [0.1, 0.15) is 42.7 Å². The van der Waals surface area contributed by atoms with Crippen molar-refractivity contribution in [1.82, 2.24) is 0 Å². The highest BCUT2D eigenvalue weighted by Gasteiger charge is 2.51. The Labute approximate surface area is 188 Å². The van der Waals surface area contributed by atoms with Crippen LogP contribution in [-0.4, -0.2) is 128 Å². The molecule has 188 valence electrons. The Kier molecular flexibility index (Phi) is 11.2. The second-order valence-electron chi connectivity index (χ2n) is 7.47. The van der Waals surface area contributed by atoms with Crippen molar-refractivity contribution in [2.45, 2.75) is 68.3 Å². The van der Waals surface area contributed by atoms with Crippen LogP contribution in [0.2, 0.25) is 0 Å². The number of rotatable bonds is 11. The normalized spacial score (nSPS) is 40.2. The summed E-state index contributed by atoms with van der Waals surface area (Å²) < 4.78 is 55.8. The number of methoxy groups -OCH3 is 6. The van der Waals surface area contributed by atoms with Gasteiger partial charge in [-0.05, 0) is 0 Å². The van der Waals surface area contributed by atoms with E-state index in [0.717, 1.165) is 0 Å². The number of hydrogen-bond acceptors (Lipinski definition) is 12. The van der Waals surface area contributed by atoms with Crippen LogP contribution < -0.4 is 0 Å². The number of hydrogen-bond donors (Lipinski definition) is 1. The molecule has 2 fully saturated rings. The Morgan fingerprint density at radius 1 is 0.719 bits per heavy atom. The maximum atomic E-state index is 11.7. The van der Waals surface area contributed by atoms with Crippen molar-refractivity contribution >= 4 is 5.97 Å². The Morgan fingerprint density at radius 3 is 1.75 bits per heavy atom. The van der Waals surface area contributed by atoms with Gasteiger partial charge < -0.3 is 52.5 Å². The van der Waals surface area contributed by atoms with Gasteiger partial charge in [-0.3, -0.25) is 4.79 Å². The molecule has 0 aromatic heterocycles. The Balaban J connectivity index is 2.19. The lowest BCUT2D eigenvalue weighted by molar-refractivity contribution is -0.335. The van der Waals surface area contributed by atoms with Crippen LogP contribution in [0.3, 0.4) is 0 Å². The van der Waals surface area contributed by atoms with E-state index in [9.17, 15) is 9.90 Å². The first-order valence-corrected chi connectivity index (χ1v) is 10.3. The van der Waals surface area contributed by atoms with E-state index in [-0.39, 0.29) is 13.2 Å². The highest BCUT2D eigenvalue weighted by atomic mass is 16.7. The summed E-state index contributed by atoms with van der Waals surface area (Å²) in [6.07, 6.45) is -7.67. The van der Waals surface area contributed by atoms with E-state index < -0.39 is 67.4 Å². The Bertz CT molecular complexity index is 563. The molecule has 1 N–H and O–H groups in total. The molecule has 0 unspecified atom stereocenters. The van der Waals surface area contributed by atoms with Gasteiger partial charge >= 0.3 is 5.97 Å². The summed E-state index contributed by atoms with van der Waals surface area (Å²) in [4.78, 5) is 11.7. The molecule has 2 aliphatic heterocycles. The molecule has 0 aliphatic carbocycles. The van der Waals surface area contributed by atoms with Gasteiger partial charge in [0.15, 0.2) is 18.7 Å². The zero-order chi connectivity index (χ0) is 23.8. The minimum atomic E-state index is -1.32. The molecule has 0 bridgehead atoms. The number of carbonyl (C=O) groups is 1. The number of aliphatic hydroxyl groups excluding tert-OH is 1. The molecule has 2 rings (SSSR count). The standard InChI is InChI=1S/C20H36O12/c1-10(21)30-14-12(31-19(22)17(27-6)16(14)26-5)9-29-20-18(28-7)15(25-4)13(24-3)11(32-20)8-23-2/h11-20,22H,8-9H2,1-7H3/t11-,12-,13-,14-,15+,16+,17-,18-,19+,20-/m1/s1. The molecule has 0 spiro atoms. The monoisotopic (exact) mass is 468 g/mol. The quantitative estimate of drug-likeness (QED) is 0.377. The van der Waals surface area contributed by atoms with Crippen LogP contribution in [0.15, 0.2) is 0 Å². The van der Waals surface area contributed by atoms with E-state index >= 15 is 0 Å². The van der Waals surface area contributed by atoms with Crippen molar-refractivity contribution in [2.75, 3.05) is 55.9 Å². The molecule has 12 heteroatoms. The van der Waals surface area contributed by atoms with E-state index in [1.165, 1.54) is 28.3 Å². The van der Waals surface area contributed by atoms with Gasteiger partial charge in [0.25, 0.3) is 0 Å². The minimum Gasteiger partial charge on any atom is -0.457 e. The molecular weight excluding hydrogens is 432 g/mol. The molecule has 0 radical (unpaired) electrons. The highest BCUT2D eigenvalue weighted by molar-refractivity contribution is 5.66. The summed E-state index contributed by atoms with van der Waals surface area (Å²) in [6, 6.07) is 0. The predicted octanol–water partition coefficient (Wildman–Crippen LogP) is -0.902. The van der Waals surface area contributed by atoms with Crippen LogP contribution in [-0.2, 0) is 52.2 Å². The van der Waals surface area contributed by atoms with E-state index in [1.807, 2.05) is 0 Å². The molecule has 12 nitrogen and oxygen atoms in total. The summed E-state index contributed by atoms with van der Waals surface area (Å²) in [5.74, 6) is -0.539. The van der Waals surface area contributed by atoms with Gasteiger partial charge in [-0.1, -0.05) is 0 Å². The van der Waals surface area contributed by atoms with E-state index in [2.05, 4.69) is 0 Å². The molecular formula is C20H36O12. The van der Waals surface area contributed by atoms with E-state index in [4.69, 9.17) is 47.4 Å². The molecule has 0 aromatic rings. The fourth-order valence-corrected chi connectivity index (χ4v) is 4.18. The lowest BCUT2D eigenvalue weighted by Crippen LogP contribution is -2.63. The maximum absolute atomic E-state index is 11.7. The summed E-state index contributed by atoms with van der Waals surface area (Å²) in [7, 11) is 8.98. The van der Waals surface area contributed by atoms with Crippen LogP contribution in [0.1, 0.15) is 6.92 Å². The largest absolute Gasteiger partial charge is 0.457 e. The van der Waals surface area contributed by atoms with Crippen molar-refractivity contribution < 1.29 is 57.3 Å². The van der Waals surface area contributed by atoms with Crippen molar-refractivity contribution in [2.24, 2.45) is 0 Å². The van der Waals surface area contributed by atoms with Crippen molar-refractivity contribution in [3.8, 4) is 0 Å². The second-order valence-corrected chi connectivity index (χ2v) is 7.47. The molecule has 10 atom stereocenters. The zero-order valence-electron chi connectivity index (χ0n) is 19.6. The minimum absolute atomic E-state index is 0.108. The Hall–Kier alpha value is -0.930. The summed E-state index contributed by atoms with van der Waals surface area (Å²) in [5.41, 5.74) is 0. The van der Waals surface area contributed by atoms with E-state index in [1.54, 1.807) is 21.3 Å². The maximum Gasteiger partial charge on any atom is 0.303 e. The third kappa shape index (κ3) is 6.14. The molecule has 0 saturated carbocycles. The zero-order valence-corrected chi connectivity index (χ0v) is 19.6. The third-order valence-corrected chi connectivity index (χ3v) is 5.62. The molecule has 2 aliphatic rings. The fourth-order valence-electron chi connectivity index (χ4n) is 4.18. The molecule has 0 aromatic carbocycles. The predicted molar refractivity (Wildman–Crippen MR) is 107 cm³/mol. The van der Waals surface area contributed by atoms with Gasteiger partial charge in [-0.15, -0.1) is 0 Å². The van der Waals surface area contributed by atoms with Gasteiger partial charge in [0.05, 0.1) is 13.2 Å². The van der Waals surface area contributed by atoms with Crippen LogP contribution in [0.25, 0.3) is 0 Å². The number of esters is 1. The van der Waals surface area contributed by atoms with Crippen LogP contribution >= 0.6 is 0 Å². The lowest BCUT2D eigenvalue weighted by Gasteiger charge is -2.46.